The molecule has 0 spiro atoms. The predicted octanol–water partition coefficient (Wildman–Crippen LogP) is 7.58. The molecule has 0 unspecified atom stereocenters. The molecule has 0 saturated carbocycles. The van der Waals surface area contributed by atoms with Crippen molar-refractivity contribution in [2.45, 2.75) is 26.7 Å². The van der Waals surface area contributed by atoms with E-state index in [0.717, 1.165) is 0 Å². The molecular formula is C30H28N+. The molecule has 1 nitrogen and oxygen atoms in total. The number of aromatic nitrogens is 1. The highest BCUT2D eigenvalue weighted by molar-refractivity contribution is 5.98. The van der Waals surface area contributed by atoms with Crippen molar-refractivity contribution < 1.29 is 4.57 Å². The van der Waals surface area contributed by atoms with Crippen LogP contribution in [0.25, 0.3) is 43.9 Å². The van der Waals surface area contributed by atoms with Crippen LogP contribution in [0, 0.1) is 6.92 Å². The Bertz CT molecular complexity index is 1410. The Hall–Kier alpha value is -3.45. The van der Waals surface area contributed by atoms with Gasteiger partial charge in [-0.2, -0.15) is 0 Å². The van der Waals surface area contributed by atoms with Gasteiger partial charge in [-0.05, 0) is 69.5 Å². The summed E-state index contributed by atoms with van der Waals surface area (Å²) in [6, 6.07) is 31.3. The molecule has 0 amide bonds. The Labute approximate surface area is 184 Å². The standard InChI is InChI=1S/C30H28N/c1-20(2)22-9-11-23(12-10-22)26-13-14-28-27(18-26)15-16-31(4)30(28)29-19-25-8-6-5-7-24(25)17-21(29)3/h5-20H,1-4H3/q+1. The van der Waals surface area contributed by atoms with Crippen molar-refractivity contribution in [2.75, 3.05) is 0 Å². The maximum Gasteiger partial charge on any atom is 0.220 e. The monoisotopic (exact) mass is 402 g/mol. The van der Waals surface area contributed by atoms with Gasteiger partial charge in [0.05, 0.1) is 10.9 Å². The van der Waals surface area contributed by atoms with E-state index in [1.807, 2.05) is 0 Å². The van der Waals surface area contributed by atoms with Crippen LogP contribution in [-0.4, -0.2) is 0 Å². The number of aryl methyl sites for hydroxylation is 2. The van der Waals surface area contributed by atoms with Gasteiger partial charge in [-0.1, -0.05) is 74.5 Å². The minimum Gasteiger partial charge on any atom is -0.200 e. The normalized spacial score (nSPS) is 11.5. The van der Waals surface area contributed by atoms with Crippen molar-refractivity contribution in [3.63, 3.8) is 0 Å². The second-order valence-corrected chi connectivity index (χ2v) is 8.87. The smallest absolute Gasteiger partial charge is 0.200 e. The first-order valence-corrected chi connectivity index (χ1v) is 11.0. The predicted molar refractivity (Wildman–Crippen MR) is 132 cm³/mol. The lowest BCUT2D eigenvalue weighted by Crippen LogP contribution is -2.30. The third-order valence-corrected chi connectivity index (χ3v) is 6.40. The second kappa shape index (κ2) is 7.67. The summed E-state index contributed by atoms with van der Waals surface area (Å²) >= 11 is 0. The largest absolute Gasteiger partial charge is 0.220 e. The van der Waals surface area contributed by atoms with E-state index in [1.54, 1.807) is 0 Å². The summed E-state index contributed by atoms with van der Waals surface area (Å²) < 4.78 is 2.25. The maximum atomic E-state index is 2.33. The van der Waals surface area contributed by atoms with Crippen molar-refractivity contribution in [2.24, 2.45) is 7.05 Å². The number of pyridine rings is 1. The van der Waals surface area contributed by atoms with E-state index < -0.39 is 0 Å². The van der Waals surface area contributed by atoms with Gasteiger partial charge < -0.3 is 0 Å². The van der Waals surface area contributed by atoms with Gasteiger partial charge >= 0.3 is 0 Å². The molecule has 31 heavy (non-hydrogen) atoms. The molecule has 5 aromatic rings. The summed E-state index contributed by atoms with van der Waals surface area (Å²) in [6.07, 6.45) is 2.18. The molecule has 0 N–H and O–H groups in total. The number of benzene rings is 4. The highest BCUT2D eigenvalue weighted by Crippen LogP contribution is 2.33. The Morgan fingerprint density at radius 1 is 0.677 bits per heavy atom. The molecule has 0 aliphatic heterocycles. The van der Waals surface area contributed by atoms with Gasteiger partial charge in [-0.25, -0.2) is 4.57 Å². The maximum absolute atomic E-state index is 2.33. The number of fused-ring (bicyclic) bond motifs is 2. The minimum absolute atomic E-state index is 0.554. The average Bonchev–Trinajstić information content (AvgIpc) is 2.78. The molecule has 4 aromatic carbocycles. The summed E-state index contributed by atoms with van der Waals surface area (Å²) in [5.74, 6) is 0.554. The van der Waals surface area contributed by atoms with Crippen LogP contribution in [0.5, 0.6) is 0 Å². The highest BCUT2D eigenvalue weighted by atomic mass is 14.9. The number of hydrogen-bond acceptors (Lipinski definition) is 0. The van der Waals surface area contributed by atoms with Crippen LogP contribution in [0.1, 0.15) is 30.9 Å². The Kier molecular flexibility index (Phi) is 4.82. The Balaban J connectivity index is 1.66. The topological polar surface area (TPSA) is 3.88 Å². The highest BCUT2D eigenvalue weighted by Gasteiger charge is 2.18. The third kappa shape index (κ3) is 3.51. The minimum atomic E-state index is 0.554. The lowest BCUT2D eigenvalue weighted by Gasteiger charge is -2.11. The molecule has 0 atom stereocenters. The van der Waals surface area contributed by atoms with E-state index in [1.165, 1.54) is 55.1 Å². The van der Waals surface area contributed by atoms with E-state index in [2.05, 4.69) is 124 Å². The Morgan fingerprint density at radius 3 is 2.06 bits per heavy atom. The molecule has 1 heteroatoms. The zero-order valence-electron chi connectivity index (χ0n) is 18.7. The number of hydrogen-bond donors (Lipinski definition) is 0. The van der Waals surface area contributed by atoms with E-state index in [0.29, 0.717) is 5.92 Å². The molecule has 1 heterocycles. The summed E-state index contributed by atoms with van der Waals surface area (Å²) in [6.45, 7) is 6.69. The van der Waals surface area contributed by atoms with Crippen molar-refractivity contribution in [1.29, 1.82) is 0 Å². The van der Waals surface area contributed by atoms with E-state index in [4.69, 9.17) is 0 Å². The zero-order chi connectivity index (χ0) is 21.5. The summed E-state index contributed by atoms with van der Waals surface area (Å²) in [7, 11) is 2.14. The van der Waals surface area contributed by atoms with Crippen LogP contribution in [0.4, 0.5) is 0 Å². The van der Waals surface area contributed by atoms with Crippen molar-refractivity contribution in [3.05, 3.63) is 102 Å². The molecule has 152 valence electrons. The molecule has 5 rings (SSSR count). The van der Waals surface area contributed by atoms with Crippen LogP contribution in [0.15, 0.2) is 91.1 Å². The van der Waals surface area contributed by atoms with Crippen LogP contribution in [-0.2, 0) is 7.05 Å². The van der Waals surface area contributed by atoms with E-state index in [9.17, 15) is 0 Å². The molecular weight excluding hydrogens is 374 g/mol. The third-order valence-electron chi connectivity index (χ3n) is 6.40. The van der Waals surface area contributed by atoms with Gasteiger partial charge in [0.15, 0.2) is 6.20 Å². The van der Waals surface area contributed by atoms with Gasteiger partial charge in [-0.3, -0.25) is 0 Å². The summed E-state index contributed by atoms with van der Waals surface area (Å²) in [5.41, 5.74) is 7.77. The van der Waals surface area contributed by atoms with Gasteiger partial charge in [0.1, 0.15) is 7.05 Å². The van der Waals surface area contributed by atoms with Crippen molar-refractivity contribution in [3.8, 4) is 22.4 Å². The molecule has 0 aliphatic rings. The number of rotatable bonds is 3. The van der Waals surface area contributed by atoms with E-state index >= 15 is 0 Å². The van der Waals surface area contributed by atoms with Gasteiger partial charge in [0, 0.05) is 6.07 Å². The zero-order valence-corrected chi connectivity index (χ0v) is 18.7. The molecule has 0 bridgehead atoms. The van der Waals surface area contributed by atoms with E-state index in [-0.39, 0.29) is 0 Å². The summed E-state index contributed by atoms with van der Waals surface area (Å²) in [5, 5.41) is 5.12. The fourth-order valence-corrected chi connectivity index (χ4v) is 4.56. The van der Waals surface area contributed by atoms with Crippen LogP contribution < -0.4 is 4.57 Å². The van der Waals surface area contributed by atoms with Gasteiger partial charge in [0.25, 0.3) is 0 Å². The van der Waals surface area contributed by atoms with Crippen LogP contribution >= 0.6 is 0 Å². The molecule has 0 saturated heterocycles. The Morgan fingerprint density at radius 2 is 1.35 bits per heavy atom. The van der Waals surface area contributed by atoms with Crippen LogP contribution in [0.3, 0.4) is 0 Å². The van der Waals surface area contributed by atoms with Crippen molar-refractivity contribution >= 4 is 21.5 Å². The molecule has 0 fully saturated rings. The second-order valence-electron chi connectivity index (χ2n) is 8.87. The molecule has 0 aliphatic carbocycles. The quantitative estimate of drug-likeness (QED) is 0.274. The first kappa shape index (κ1) is 19.5. The average molecular weight is 403 g/mol. The first-order valence-electron chi connectivity index (χ1n) is 11.0. The van der Waals surface area contributed by atoms with Gasteiger partial charge in [-0.15, -0.1) is 0 Å². The lowest BCUT2D eigenvalue weighted by molar-refractivity contribution is -0.659. The first-order chi connectivity index (χ1) is 15.0. The fraction of sp³-hybridized carbons (Fsp3) is 0.167. The lowest BCUT2D eigenvalue weighted by atomic mass is 9.94. The van der Waals surface area contributed by atoms with Gasteiger partial charge in [0.2, 0.25) is 5.69 Å². The molecule has 0 radical (unpaired) electrons. The van der Waals surface area contributed by atoms with Crippen molar-refractivity contribution in [1.82, 2.24) is 0 Å². The fourth-order valence-electron chi connectivity index (χ4n) is 4.56. The summed E-state index contributed by atoms with van der Waals surface area (Å²) in [4.78, 5) is 0. The number of nitrogens with zero attached hydrogens (tertiary/aromatic N) is 1. The SMILES string of the molecule is Cc1cc2ccccc2cc1-c1c2ccc(-c3ccc(C(C)C)cc3)cc2cc[n+]1C. The van der Waals surface area contributed by atoms with Crippen LogP contribution in [0.2, 0.25) is 0 Å². The molecule has 1 aromatic heterocycles.